The molecule has 0 aliphatic carbocycles. The molecule has 2 aromatic carbocycles. The van der Waals surface area contributed by atoms with Crippen molar-refractivity contribution < 1.29 is 4.92 Å². The number of nitrogens with one attached hydrogen (secondary N) is 1. The number of anilines is 1. The molecule has 0 aliphatic heterocycles. The molecular formula is C23H23N7O4. The van der Waals surface area contributed by atoms with E-state index >= 15 is 0 Å². The van der Waals surface area contributed by atoms with E-state index in [1.807, 2.05) is 30.3 Å². The first-order valence-electron chi connectivity index (χ1n) is 10.6. The van der Waals surface area contributed by atoms with E-state index in [0.29, 0.717) is 23.6 Å². The Morgan fingerprint density at radius 1 is 1.09 bits per heavy atom. The van der Waals surface area contributed by atoms with E-state index in [2.05, 4.69) is 15.5 Å². The second kappa shape index (κ2) is 9.53. The topological polar surface area (TPSA) is 129 Å². The fourth-order valence-electron chi connectivity index (χ4n) is 3.72. The average molecular weight is 461 g/mol. The van der Waals surface area contributed by atoms with E-state index < -0.39 is 16.2 Å². The van der Waals surface area contributed by atoms with Crippen molar-refractivity contribution in [3.05, 3.63) is 96.7 Å². The molecule has 2 heterocycles. The molecule has 4 aromatic rings. The monoisotopic (exact) mass is 461 g/mol. The van der Waals surface area contributed by atoms with E-state index in [1.54, 1.807) is 23.7 Å². The molecule has 4 rings (SSSR count). The lowest BCUT2D eigenvalue weighted by Crippen LogP contribution is -2.37. The second-order valence-corrected chi connectivity index (χ2v) is 7.78. The molecule has 0 spiro atoms. The summed E-state index contributed by atoms with van der Waals surface area (Å²) in [5, 5.41) is 15.1. The molecule has 11 heteroatoms. The van der Waals surface area contributed by atoms with Crippen molar-refractivity contribution in [2.75, 3.05) is 5.43 Å². The zero-order valence-corrected chi connectivity index (χ0v) is 18.7. The van der Waals surface area contributed by atoms with Crippen molar-refractivity contribution in [1.29, 1.82) is 0 Å². The Bertz CT molecular complexity index is 1500. The zero-order valence-electron chi connectivity index (χ0n) is 18.7. The lowest BCUT2D eigenvalue weighted by molar-refractivity contribution is -0.384. The Balaban J connectivity index is 1.67. The van der Waals surface area contributed by atoms with Crippen LogP contribution in [0.1, 0.15) is 17.5 Å². The highest BCUT2D eigenvalue weighted by molar-refractivity contribution is 5.81. The van der Waals surface area contributed by atoms with Crippen molar-refractivity contribution in [1.82, 2.24) is 18.7 Å². The van der Waals surface area contributed by atoms with E-state index in [9.17, 15) is 19.7 Å². The van der Waals surface area contributed by atoms with Crippen LogP contribution in [0.15, 0.2) is 69.3 Å². The van der Waals surface area contributed by atoms with E-state index in [0.717, 1.165) is 17.4 Å². The zero-order chi connectivity index (χ0) is 24.2. The van der Waals surface area contributed by atoms with Gasteiger partial charge in [0, 0.05) is 38.3 Å². The summed E-state index contributed by atoms with van der Waals surface area (Å²) in [7, 11) is 2.99. The molecule has 0 saturated heterocycles. The van der Waals surface area contributed by atoms with Gasteiger partial charge in [-0.3, -0.25) is 24.0 Å². The molecule has 1 N–H and O–H groups in total. The van der Waals surface area contributed by atoms with Gasteiger partial charge in [-0.25, -0.2) is 10.2 Å². The molecular weight excluding hydrogens is 438 g/mol. The number of rotatable bonds is 8. The Hall–Kier alpha value is -4.54. The van der Waals surface area contributed by atoms with Gasteiger partial charge in [0.2, 0.25) is 5.95 Å². The summed E-state index contributed by atoms with van der Waals surface area (Å²) in [6.07, 6.45) is 2.95. The van der Waals surface area contributed by atoms with Crippen molar-refractivity contribution in [3.8, 4) is 0 Å². The van der Waals surface area contributed by atoms with Crippen LogP contribution in [0.5, 0.6) is 0 Å². The lowest BCUT2D eigenvalue weighted by Gasteiger charge is -2.09. The van der Waals surface area contributed by atoms with Gasteiger partial charge >= 0.3 is 5.69 Å². The van der Waals surface area contributed by atoms with Crippen LogP contribution < -0.4 is 16.7 Å². The van der Waals surface area contributed by atoms with Crippen LogP contribution in [-0.4, -0.2) is 29.8 Å². The Morgan fingerprint density at radius 2 is 1.85 bits per heavy atom. The summed E-state index contributed by atoms with van der Waals surface area (Å²) >= 11 is 0. The first-order chi connectivity index (χ1) is 16.4. The average Bonchev–Trinajstić information content (AvgIpc) is 3.20. The molecule has 2 aromatic heterocycles. The van der Waals surface area contributed by atoms with E-state index in [-0.39, 0.29) is 11.3 Å². The summed E-state index contributed by atoms with van der Waals surface area (Å²) in [4.78, 5) is 40.3. The minimum absolute atomic E-state index is 0.0457. The number of imidazole rings is 1. The van der Waals surface area contributed by atoms with Crippen LogP contribution in [0, 0.1) is 10.1 Å². The third-order valence-electron chi connectivity index (χ3n) is 5.50. The van der Waals surface area contributed by atoms with Crippen molar-refractivity contribution in [2.24, 2.45) is 19.2 Å². The number of nitro benzene ring substituents is 1. The van der Waals surface area contributed by atoms with Crippen LogP contribution >= 0.6 is 0 Å². The number of non-ortho nitro benzene ring substituents is 1. The van der Waals surface area contributed by atoms with Gasteiger partial charge in [-0.1, -0.05) is 42.5 Å². The summed E-state index contributed by atoms with van der Waals surface area (Å²) in [6.45, 7) is 0.466. The maximum atomic E-state index is 12.9. The summed E-state index contributed by atoms with van der Waals surface area (Å²) < 4.78 is 4.08. The van der Waals surface area contributed by atoms with Gasteiger partial charge in [-0.15, -0.1) is 0 Å². The standard InChI is InChI=1S/C23H23N7O4/c1-27-20-19(21(31)28(2)23(27)32)29(13-7-11-16-8-4-3-5-9-16)22(25-20)26-24-15-17-10-6-12-18(14-17)30(33)34/h3-6,8-10,12,14-15H,7,11,13H2,1-2H3,(H,25,26)/b24-15-. The number of aromatic nitrogens is 4. The molecule has 0 saturated carbocycles. The van der Waals surface area contributed by atoms with Gasteiger partial charge < -0.3 is 4.57 Å². The number of nitrogens with zero attached hydrogens (tertiary/aromatic N) is 6. The van der Waals surface area contributed by atoms with Crippen LogP contribution in [-0.2, 0) is 27.1 Å². The normalized spacial score (nSPS) is 11.4. The molecule has 0 atom stereocenters. The molecule has 0 bridgehead atoms. The Kier molecular flexibility index (Phi) is 6.35. The molecule has 11 nitrogen and oxygen atoms in total. The fourth-order valence-corrected chi connectivity index (χ4v) is 3.72. The van der Waals surface area contributed by atoms with Gasteiger partial charge in [0.25, 0.3) is 11.2 Å². The highest BCUT2D eigenvalue weighted by Gasteiger charge is 2.19. The number of hydrazone groups is 1. The van der Waals surface area contributed by atoms with Crippen molar-refractivity contribution >= 4 is 29.0 Å². The first kappa shape index (κ1) is 22.6. The van der Waals surface area contributed by atoms with Crippen molar-refractivity contribution in [3.63, 3.8) is 0 Å². The van der Waals surface area contributed by atoms with Crippen LogP contribution in [0.2, 0.25) is 0 Å². The van der Waals surface area contributed by atoms with Gasteiger partial charge in [0.05, 0.1) is 11.1 Å². The predicted octanol–water partition coefficient (Wildman–Crippen LogP) is 2.42. The van der Waals surface area contributed by atoms with Crippen LogP contribution in [0.4, 0.5) is 11.6 Å². The van der Waals surface area contributed by atoms with Gasteiger partial charge in [-0.05, 0) is 18.4 Å². The molecule has 174 valence electrons. The molecule has 34 heavy (non-hydrogen) atoms. The van der Waals surface area contributed by atoms with E-state index in [4.69, 9.17) is 0 Å². The molecule has 0 aliphatic rings. The fraction of sp³-hybridized carbons (Fsp3) is 0.217. The number of fused-ring (bicyclic) bond motifs is 1. The highest BCUT2D eigenvalue weighted by Crippen LogP contribution is 2.17. The van der Waals surface area contributed by atoms with Gasteiger partial charge in [0.15, 0.2) is 11.2 Å². The summed E-state index contributed by atoms with van der Waals surface area (Å²) in [5.41, 5.74) is 4.11. The number of hydrogen-bond donors (Lipinski definition) is 1. The Morgan fingerprint density at radius 3 is 2.59 bits per heavy atom. The minimum atomic E-state index is -0.479. The molecule has 0 fully saturated rings. The largest absolute Gasteiger partial charge is 0.332 e. The maximum Gasteiger partial charge on any atom is 0.332 e. The number of nitro groups is 1. The van der Waals surface area contributed by atoms with Gasteiger partial charge in [-0.2, -0.15) is 10.1 Å². The number of aryl methyl sites for hydroxylation is 3. The number of benzene rings is 2. The quantitative estimate of drug-likeness (QED) is 0.244. The SMILES string of the molecule is Cn1c(=O)c2c(nc(N/N=C\c3cccc([N+](=O)[O-])c3)n2CCCc2ccccc2)n(C)c1=O. The van der Waals surface area contributed by atoms with E-state index in [1.165, 1.54) is 35.5 Å². The van der Waals surface area contributed by atoms with Crippen molar-refractivity contribution in [2.45, 2.75) is 19.4 Å². The molecule has 0 unspecified atom stereocenters. The van der Waals surface area contributed by atoms with Crippen LogP contribution in [0.3, 0.4) is 0 Å². The predicted molar refractivity (Wildman–Crippen MR) is 129 cm³/mol. The maximum absolute atomic E-state index is 12.9. The highest BCUT2D eigenvalue weighted by atomic mass is 16.6. The second-order valence-electron chi connectivity index (χ2n) is 7.78. The lowest BCUT2D eigenvalue weighted by atomic mass is 10.1. The Labute approximate surface area is 193 Å². The third kappa shape index (κ3) is 4.49. The summed E-state index contributed by atoms with van der Waals surface area (Å²) in [6, 6.07) is 16.0. The van der Waals surface area contributed by atoms with Gasteiger partial charge in [0.1, 0.15) is 0 Å². The molecule has 0 amide bonds. The van der Waals surface area contributed by atoms with Crippen LogP contribution in [0.25, 0.3) is 11.2 Å². The number of hydrogen-bond acceptors (Lipinski definition) is 7. The smallest absolute Gasteiger partial charge is 0.303 e. The minimum Gasteiger partial charge on any atom is -0.303 e. The first-order valence-corrected chi connectivity index (χ1v) is 10.6. The third-order valence-corrected chi connectivity index (χ3v) is 5.50. The molecule has 0 radical (unpaired) electrons. The summed E-state index contributed by atoms with van der Waals surface area (Å²) in [5.74, 6) is 0.294.